The minimum atomic E-state index is 1.07. The first-order chi connectivity index (χ1) is 6.33. The van der Waals surface area contributed by atoms with E-state index in [1.54, 1.807) is 0 Å². The van der Waals surface area contributed by atoms with Gasteiger partial charge >= 0.3 is 0 Å². The second kappa shape index (κ2) is 3.21. The maximum atomic E-state index is 4.54. The zero-order chi connectivity index (χ0) is 9.26. The summed E-state index contributed by atoms with van der Waals surface area (Å²) in [5.74, 6) is 1.08. The molecule has 2 heterocycles. The van der Waals surface area contributed by atoms with E-state index in [0.717, 1.165) is 18.7 Å². The van der Waals surface area contributed by atoms with Crippen molar-refractivity contribution in [3.05, 3.63) is 35.9 Å². The van der Waals surface area contributed by atoms with Gasteiger partial charge in [0.1, 0.15) is 5.82 Å². The summed E-state index contributed by atoms with van der Waals surface area (Å²) < 4.78 is 2.14. The van der Waals surface area contributed by atoms with Gasteiger partial charge in [-0.25, -0.2) is 4.98 Å². The fraction of sp³-hybridized carbons (Fsp3) is 0.364. The minimum Gasteiger partial charge on any atom is -0.304 e. The fourth-order valence-electron chi connectivity index (χ4n) is 1.69. The van der Waals surface area contributed by atoms with E-state index >= 15 is 0 Å². The first kappa shape index (κ1) is 8.30. The Labute approximate surface area is 78.2 Å². The zero-order valence-electron chi connectivity index (χ0n) is 8.12. The van der Waals surface area contributed by atoms with Crippen molar-refractivity contribution in [2.75, 3.05) is 0 Å². The molecule has 0 unspecified atom stereocenters. The number of rotatable bonds is 2. The van der Waals surface area contributed by atoms with E-state index < -0.39 is 0 Å². The predicted octanol–water partition coefficient (Wildman–Crippen LogP) is 2.60. The van der Waals surface area contributed by atoms with E-state index in [2.05, 4.69) is 34.6 Å². The molecule has 0 aliphatic rings. The molecule has 0 aromatic carbocycles. The van der Waals surface area contributed by atoms with E-state index in [9.17, 15) is 0 Å². The monoisotopic (exact) mass is 174 g/mol. The second-order valence-electron chi connectivity index (χ2n) is 3.31. The van der Waals surface area contributed by atoms with Crippen molar-refractivity contribution in [1.29, 1.82) is 0 Å². The van der Waals surface area contributed by atoms with Crippen LogP contribution in [-0.2, 0) is 6.42 Å². The van der Waals surface area contributed by atoms with Crippen LogP contribution in [0.2, 0.25) is 0 Å². The van der Waals surface area contributed by atoms with Gasteiger partial charge in [-0.1, -0.05) is 19.4 Å². The normalized spacial score (nSPS) is 10.9. The molecule has 2 aromatic rings. The number of pyridine rings is 1. The quantitative estimate of drug-likeness (QED) is 0.684. The SMILES string of the molecule is CCCc1nc(C)n2ccccc12. The van der Waals surface area contributed by atoms with Crippen LogP contribution < -0.4 is 0 Å². The molecule has 0 aliphatic heterocycles. The maximum absolute atomic E-state index is 4.54. The Kier molecular flexibility index (Phi) is 2.05. The number of hydrogen-bond donors (Lipinski definition) is 0. The molecule has 68 valence electrons. The molecule has 0 aliphatic carbocycles. The summed E-state index contributed by atoms with van der Waals surface area (Å²) in [5, 5.41) is 0. The summed E-state index contributed by atoms with van der Waals surface area (Å²) in [4.78, 5) is 4.54. The van der Waals surface area contributed by atoms with E-state index in [1.807, 2.05) is 13.0 Å². The van der Waals surface area contributed by atoms with Crippen molar-refractivity contribution >= 4 is 5.52 Å². The van der Waals surface area contributed by atoms with Crippen molar-refractivity contribution in [1.82, 2.24) is 9.38 Å². The van der Waals surface area contributed by atoms with E-state index in [4.69, 9.17) is 0 Å². The van der Waals surface area contributed by atoms with Crippen molar-refractivity contribution in [2.45, 2.75) is 26.7 Å². The summed E-state index contributed by atoms with van der Waals surface area (Å²) in [6.07, 6.45) is 4.29. The fourth-order valence-corrected chi connectivity index (χ4v) is 1.69. The van der Waals surface area contributed by atoms with Crippen molar-refractivity contribution < 1.29 is 0 Å². The van der Waals surface area contributed by atoms with Crippen LogP contribution in [0.4, 0.5) is 0 Å². The van der Waals surface area contributed by atoms with Gasteiger partial charge in [-0.05, 0) is 25.5 Å². The molecule has 0 atom stereocenters. The summed E-state index contributed by atoms with van der Waals surface area (Å²) in [6.45, 7) is 4.23. The van der Waals surface area contributed by atoms with Crippen LogP contribution in [0.5, 0.6) is 0 Å². The Morgan fingerprint density at radius 3 is 3.00 bits per heavy atom. The first-order valence-corrected chi connectivity index (χ1v) is 4.75. The number of fused-ring (bicyclic) bond motifs is 1. The molecule has 0 saturated heterocycles. The van der Waals surface area contributed by atoms with Crippen molar-refractivity contribution in [3.63, 3.8) is 0 Å². The molecule has 13 heavy (non-hydrogen) atoms. The van der Waals surface area contributed by atoms with E-state index in [1.165, 1.54) is 11.2 Å². The second-order valence-corrected chi connectivity index (χ2v) is 3.31. The summed E-state index contributed by atoms with van der Waals surface area (Å²) in [7, 11) is 0. The van der Waals surface area contributed by atoms with E-state index in [-0.39, 0.29) is 0 Å². The van der Waals surface area contributed by atoms with Crippen LogP contribution >= 0.6 is 0 Å². The van der Waals surface area contributed by atoms with Crippen molar-refractivity contribution in [3.8, 4) is 0 Å². The molecule has 0 N–H and O–H groups in total. The Hall–Kier alpha value is -1.31. The molecule has 2 rings (SSSR count). The predicted molar refractivity (Wildman–Crippen MR) is 53.9 cm³/mol. The molecule has 0 saturated carbocycles. The first-order valence-electron chi connectivity index (χ1n) is 4.75. The van der Waals surface area contributed by atoms with E-state index in [0.29, 0.717) is 0 Å². The number of aryl methyl sites for hydroxylation is 2. The number of hydrogen-bond acceptors (Lipinski definition) is 1. The highest BCUT2D eigenvalue weighted by molar-refractivity contribution is 5.53. The van der Waals surface area contributed by atoms with Crippen LogP contribution in [0.15, 0.2) is 24.4 Å². The van der Waals surface area contributed by atoms with Crippen LogP contribution in [-0.4, -0.2) is 9.38 Å². The molecule has 0 amide bonds. The maximum Gasteiger partial charge on any atom is 0.110 e. The van der Waals surface area contributed by atoms with Gasteiger partial charge in [-0.2, -0.15) is 0 Å². The number of imidazole rings is 1. The Bertz CT molecular complexity index is 415. The molecule has 2 aromatic heterocycles. The third-order valence-corrected chi connectivity index (χ3v) is 2.29. The minimum absolute atomic E-state index is 1.07. The molecule has 2 heteroatoms. The number of aromatic nitrogens is 2. The average molecular weight is 174 g/mol. The summed E-state index contributed by atoms with van der Waals surface area (Å²) in [5.41, 5.74) is 2.47. The van der Waals surface area contributed by atoms with Gasteiger partial charge in [0.25, 0.3) is 0 Å². The summed E-state index contributed by atoms with van der Waals surface area (Å²) >= 11 is 0. The van der Waals surface area contributed by atoms with Gasteiger partial charge in [-0.3, -0.25) is 0 Å². The topological polar surface area (TPSA) is 17.3 Å². The Balaban J connectivity index is 2.63. The average Bonchev–Trinajstić information content (AvgIpc) is 2.46. The third-order valence-electron chi connectivity index (χ3n) is 2.29. The highest BCUT2D eigenvalue weighted by Gasteiger charge is 2.04. The lowest BCUT2D eigenvalue weighted by Gasteiger charge is -1.95. The van der Waals surface area contributed by atoms with Gasteiger partial charge in [0.2, 0.25) is 0 Å². The van der Waals surface area contributed by atoms with Gasteiger partial charge < -0.3 is 4.40 Å². The van der Waals surface area contributed by atoms with Crippen LogP contribution in [0.25, 0.3) is 5.52 Å². The highest BCUT2D eigenvalue weighted by Crippen LogP contribution is 2.13. The Morgan fingerprint density at radius 2 is 2.23 bits per heavy atom. The molecular formula is C11H14N2. The molecule has 0 radical (unpaired) electrons. The Morgan fingerprint density at radius 1 is 1.38 bits per heavy atom. The molecule has 2 nitrogen and oxygen atoms in total. The molecule has 0 bridgehead atoms. The van der Waals surface area contributed by atoms with Gasteiger partial charge in [-0.15, -0.1) is 0 Å². The van der Waals surface area contributed by atoms with Gasteiger partial charge in [0.15, 0.2) is 0 Å². The third kappa shape index (κ3) is 1.32. The van der Waals surface area contributed by atoms with Crippen LogP contribution in [0.3, 0.4) is 0 Å². The largest absolute Gasteiger partial charge is 0.304 e. The smallest absolute Gasteiger partial charge is 0.110 e. The van der Waals surface area contributed by atoms with Crippen molar-refractivity contribution in [2.24, 2.45) is 0 Å². The standard InChI is InChI=1S/C11H14N2/c1-3-6-10-11-7-4-5-8-13(11)9(2)12-10/h4-5,7-8H,3,6H2,1-2H3. The highest BCUT2D eigenvalue weighted by atomic mass is 15.0. The molecular weight excluding hydrogens is 160 g/mol. The molecule has 0 fully saturated rings. The lowest BCUT2D eigenvalue weighted by Crippen LogP contribution is -1.85. The van der Waals surface area contributed by atoms with Gasteiger partial charge in [0, 0.05) is 6.20 Å². The van der Waals surface area contributed by atoms with Gasteiger partial charge in [0.05, 0.1) is 11.2 Å². The lowest BCUT2D eigenvalue weighted by atomic mass is 10.2. The van der Waals surface area contributed by atoms with Crippen LogP contribution in [0.1, 0.15) is 24.9 Å². The van der Waals surface area contributed by atoms with Crippen LogP contribution in [0, 0.1) is 6.92 Å². The molecule has 0 spiro atoms. The summed E-state index contributed by atoms with van der Waals surface area (Å²) in [6, 6.07) is 6.23. The zero-order valence-corrected chi connectivity index (χ0v) is 8.12. The lowest BCUT2D eigenvalue weighted by molar-refractivity contribution is 0.893. The number of nitrogens with zero attached hydrogens (tertiary/aromatic N) is 2.